The van der Waals surface area contributed by atoms with E-state index in [2.05, 4.69) is 68.9 Å². The Morgan fingerprint density at radius 1 is 0.757 bits per heavy atom. The molecular weight excluding hydrogens is 460 g/mol. The molecule has 0 saturated heterocycles. The second-order valence-corrected chi connectivity index (χ2v) is 10.0. The molecule has 3 N–H and O–H groups in total. The van der Waals surface area contributed by atoms with Crippen LogP contribution in [0.2, 0.25) is 0 Å². The average Bonchev–Trinajstić information content (AvgIpc) is 3.52. The molecule has 0 aliphatic carbocycles. The summed E-state index contributed by atoms with van der Waals surface area (Å²) in [6, 6.07) is 10.6. The van der Waals surface area contributed by atoms with Crippen LogP contribution >= 0.6 is 0 Å². The van der Waals surface area contributed by atoms with E-state index in [1.165, 1.54) is 22.3 Å². The number of carbonyl (C=O) groups is 1. The monoisotopic (exact) mass is 494 g/mol. The van der Waals surface area contributed by atoms with Gasteiger partial charge in [0.1, 0.15) is 0 Å². The van der Waals surface area contributed by atoms with Crippen LogP contribution in [0.15, 0.2) is 30.3 Å². The Morgan fingerprint density at radius 2 is 1.38 bits per heavy atom. The number of rotatable bonds is 5. The first kappa shape index (κ1) is 24.8. The van der Waals surface area contributed by atoms with Gasteiger partial charge in [-0.3, -0.25) is 4.79 Å². The Bertz CT molecular complexity index is 1660. The highest BCUT2D eigenvalue weighted by Crippen LogP contribution is 2.36. The molecule has 6 heteroatoms. The minimum absolute atomic E-state index is 0.0696. The van der Waals surface area contributed by atoms with Crippen molar-refractivity contribution >= 4 is 50.3 Å². The lowest BCUT2D eigenvalue weighted by molar-refractivity contribution is -0.136. The number of aromatic amines is 2. The molecule has 0 aromatic carbocycles. The molecule has 5 heterocycles. The molecule has 0 amide bonds. The summed E-state index contributed by atoms with van der Waals surface area (Å²) in [6.45, 7) is 12.8. The molecule has 3 aromatic heterocycles. The summed E-state index contributed by atoms with van der Waals surface area (Å²) in [4.78, 5) is 28.6. The molecule has 0 spiro atoms. The number of nitrogens with zero attached hydrogens (tertiary/aromatic N) is 2. The van der Waals surface area contributed by atoms with Crippen molar-refractivity contribution in [1.82, 2.24) is 19.9 Å². The van der Waals surface area contributed by atoms with Crippen LogP contribution in [0.25, 0.3) is 44.4 Å². The lowest BCUT2D eigenvalue weighted by atomic mass is 10.0. The van der Waals surface area contributed by atoms with Gasteiger partial charge < -0.3 is 15.1 Å². The van der Waals surface area contributed by atoms with E-state index in [1.807, 2.05) is 13.0 Å². The molecule has 0 fully saturated rings. The molecule has 2 aliphatic heterocycles. The second-order valence-electron chi connectivity index (χ2n) is 10.0. The molecular formula is C31H34N4O2. The van der Waals surface area contributed by atoms with Crippen LogP contribution in [0.4, 0.5) is 0 Å². The lowest BCUT2D eigenvalue weighted by Crippen LogP contribution is -1.95. The van der Waals surface area contributed by atoms with Crippen LogP contribution in [0, 0.1) is 13.8 Å². The highest BCUT2D eigenvalue weighted by molar-refractivity contribution is 5.95. The van der Waals surface area contributed by atoms with Crippen molar-refractivity contribution < 1.29 is 9.90 Å². The first-order chi connectivity index (χ1) is 17.7. The van der Waals surface area contributed by atoms with Crippen LogP contribution in [-0.2, 0) is 11.2 Å². The Hall–Kier alpha value is -3.93. The Morgan fingerprint density at radius 3 is 2.03 bits per heavy atom. The van der Waals surface area contributed by atoms with Gasteiger partial charge in [0, 0.05) is 28.5 Å². The fourth-order valence-electron chi connectivity index (χ4n) is 5.56. The molecule has 0 atom stereocenters. The Labute approximate surface area is 217 Å². The first-order valence-corrected chi connectivity index (χ1v) is 13.0. The van der Waals surface area contributed by atoms with Crippen molar-refractivity contribution in [3.8, 4) is 0 Å². The van der Waals surface area contributed by atoms with Gasteiger partial charge in [-0.25, -0.2) is 9.97 Å². The SMILES string of the molecule is CCC1=C(C)c2cc3[nH]c(cc4nc(cc5cc(C)c(cc1n2)[nH]5)C(CCC(=O)O)=C4C)c(C)c3CC. The lowest BCUT2D eigenvalue weighted by Gasteiger charge is -2.02. The molecule has 2 aliphatic rings. The molecule has 6 nitrogen and oxygen atoms in total. The third-order valence-electron chi connectivity index (χ3n) is 7.73. The fourth-order valence-corrected chi connectivity index (χ4v) is 5.56. The number of carboxylic acids is 1. The van der Waals surface area contributed by atoms with E-state index in [1.54, 1.807) is 0 Å². The van der Waals surface area contributed by atoms with Gasteiger partial charge in [-0.2, -0.15) is 0 Å². The zero-order chi connectivity index (χ0) is 26.4. The highest BCUT2D eigenvalue weighted by atomic mass is 16.4. The smallest absolute Gasteiger partial charge is 0.303 e. The van der Waals surface area contributed by atoms with Crippen LogP contribution in [-0.4, -0.2) is 31.0 Å². The van der Waals surface area contributed by atoms with Gasteiger partial charge in [0.15, 0.2) is 0 Å². The standard InChI is InChI=1S/C31H34N4O2/c1-7-21-18(5)27-15-30-22(8-2)17(4)25(34-30)14-26-19(6)23(9-10-31(36)37)28(33-26)12-20-11-16(3)24(32-20)13-29(21)35-27/h11-15,32,34H,7-10H2,1-6H3,(H,36,37). The number of hydrogen-bond acceptors (Lipinski definition) is 3. The third-order valence-corrected chi connectivity index (χ3v) is 7.73. The molecule has 0 radical (unpaired) electrons. The molecule has 0 saturated carbocycles. The fraction of sp³-hybridized carbons (Fsp3) is 0.323. The molecule has 37 heavy (non-hydrogen) atoms. The quantitative estimate of drug-likeness (QED) is 0.340. The van der Waals surface area contributed by atoms with Crippen LogP contribution < -0.4 is 0 Å². The number of aromatic nitrogens is 4. The van der Waals surface area contributed by atoms with E-state index in [9.17, 15) is 9.90 Å². The average molecular weight is 495 g/mol. The topological polar surface area (TPSA) is 94.7 Å². The maximum atomic E-state index is 11.4. The van der Waals surface area contributed by atoms with Crippen molar-refractivity contribution in [2.75, 3.05) is 0 Å². The molecule has 3 aromatic rings. The number of H-pyrrole nitrogens is 2. The Balaban J connectivity index is 1.90. The van der Waals surface area contributed by atoms with E-state index in [4.69, 9.17) is 9.97 Å². The number of carboxylic acid groups (broad SMARTS) is 1. The maximum absolute atomic E-state index is 11.4. The van der Waals surface area contributed by atoms with E-state index < -0.39 is 5.97 Å². The third kappa shape index (κ3) is 4.41. The normalized spacial score (nSPS) is 13.6. The van der Waals surface area contributed by atoms with E-state index in [-0.39, 0.29) is 6.42 Å². The maximum Gasteiger partial charge on any atom is 0.303 e. The number of hydrogen-bond donors (Lipinski definition) is 3. The largest absolute Gasteiger partial charge is 0.481 e. The number of fused-ring (bicyclic) bond motifs is 8. The number of aryl methyl sites for hydroxylation is 3. The minimum atomic E-state index is -0.806. The van der Waals surface area contributed by atoms with Crippen LogP contribution in [0.5, 0.6) is 0 Å². The molecule has 0 unspecified atom stereocenters. The van der Waals surface area contributed by atoms with Gasteiger partial charge >= 0.3 is 5.97 Å². The zero-order valence-electron chi connectivity index (χ0n) is 22.5. The van der Waals surface area contributed by atoms with Gasteiger partial charge in [-0.1, -0.05) is 13.8 Å². The Kier molecular flexibility index (Phi) is 6.36. The summed E-state index contributed by atoms with van der Waals surface area (Å²) in [7, 11) is 0. The van der Waals surface area contributed by atoms with Crippen molar-refractivity contribution in [2.45, 2.75) is 67.2 Å². The predicted octanol–water partition coefficient (Wildman–Crippen LogP) is 7.63. The minimum Gasteiger partial charge on any atom is -0.481 e. The summed E-state index contributed by atoms with van der Waals surface area (Å²) in [5, 5.41) is 9.36. The number of aliphatic carboxylic acids is 1. The summed E-state index contributed by atoms with van der Waals surface area (Å²) >= 11 is 0. The first-order valence-electron chi connectivity index (χ1n) is 13.0. The number of nitrogens with one attached hydrogen (secondary N) is 2. The van der Waals surface area contributed by atoms with Gasteiger partial charge in [0.25, 0.3) is 0 Å². The number of allylic oxidation sites excluding steroid dienone is 4. The van der Waals surface area contributed by atoms with Crippen molar-refractivity contribution in [2.24, 2.45) is 0 Å². The summed E-state index contributed by atoms with van der Waals surface area (Å²) in [6.07, 6.45) is 2.32. The van der Waals surface area contributed by atoms with Gasteiger partial charge in [-0.05, 0) is 116 Å². The van der Waals surface area contributed by atoms with Crippen LogP contribution in [0.3, 0.4) is 0 Å². The van der Waals surface area contributed by atoms with E-state index in [0.29, 0.717) is 6.42 Å². The summed E-state index contributed by atoms with van der Waals surface area (Å²) in [5.41, 5.74) is 15.8. The summed E-state index contributed by atoms with van der Waals surface area (Å²) < 4.78 is 0. The van der Waals surface area contributed by atoms with E-state index in [0.717, 1.165) is 74.4 Å². The van der Waals surface area contributed by atoms with Crippen molar-refractivity contribution in [3.05, 3.63) is 69.8 Å². The van der Waals surface area contributed by atoms with Crippen LogP contribution in [0.1, 0.15) is 86.4 Å². The van der Waals surface area contributed by atoms with Gasteiger partial charge in [0.05, 0.1) is 22.8 Å². The second kappa shape index (κ2) is 9.51. The zero-order valence-corrected chi connectivity index (χ0v) is 22.5. The highest BCUT2D eigenvalue weighted by Gasteiger charge is 2.19. The van der Waals surface area contributed by atoms with Crippen molar-refractivity contribution in [3.63, 3.8) is 0 Å². The summed E-state index contributed by atoms with van der Waals surface area (Å²) in [5.74, 6) is -0.806. The molecule has 190 valence electrons. The van der Waals surface area contributed by atoms with Gasteiger partial charge in [-0.15, -0.1) is 0 Å². The van der Waals surface area contributed by atoms with Crippen molar-refractivity contribution in [1.29, 1.82) is 0 Å². The molecule has 8 bridgehead atoms. The van der Waals surface area contributed by atoms with Gasteiger partial charge in [0.2, 0.25) is 0 Å². The molecule has 5 rings (SSSR count). The predicted molar refractivity (Wildman–Crippen MR) is 152 cm³/mol. The van der Waals surface area contributed by atoms with E-state index >= 15 is 0 Å².